The molecule has 0 heterocycles. The van der Waals surface area contributed by atoms with E-state index in [-0.39, 0.29) is 5.78 Å². The smallest absolute Gasteiger partial charge is 0.173 e. The lowest BCUT2D eigenvalue weighted by atomic mass is 10.1. The molecule has 0 unspecified atom stereocenters. The Labute approximate surface area is 109 Å². The molecule has 0 fully saturated rings. The van der Waals surface area contributed by atoms with Crippen LogP contribution in [0, 0.1) is 0 Å². The number of hydrogen-bond acceptors (Lipinski definition) is 3. The zero-order valence-electron chi connectivity index (χ0n) is 9.24. The van der Waals surface area contributed by atoms with Crippen LogP contribution in [0.4, 0.5) is 0 Å². The highest BCUT2D eigenvalue weighted by atomic mass is 79.9. The van der Waals surface area contributed by atoms with Gasteiger partial charge in [0.25, 0.3) is 0 Å². The van der Waals surface area contributed by atoms with Crippen molar-refractivity contribution in [2.45, 2.75) is 6.42 Å². The molecule has 0 aromatic heterocycles. The number of rotatable bonds is 7. The fraction of sp³-hybridized carbons (Fsp3) is 0.417. The van der Waals surface area contributed by atoms with Crippen molar-refractivity contribution in [2.24, 2.45) is 0 Å². The first kappa shape index (κ1) is 13.7. The van der Waals surface area contributed by atoms with E-state index in [4.69, 9.17) is 4.74 Å². The Kier molecular flexibility index (Phi) is 6.76. The summed E-state index contributed by atoms with van der Waals surface area (Å²) in [6.07, 6.45) is 0.990. The number of ether oxygens (including phenoxy) is 1. The number of methoxy groups -OCH3 is 1. The fourth-order valence-electron chi connectivity index (χ4n) is 1.24. The predicted octanol–water partition coefficient (Wildman–Crippen LogP) is 3.40. The lowest BCUT2D eigenvalue weighted by Gasteiger charge is -2.03. The highest BCUT2D eigenvalue weighted by Gasteiger charge is 2.08. The minimum atomic E-state index is 0.176. The van der Waals surface area contributed by atoms with E-state index >= 15 is 0 Å². The average Bonchev–Trinajstić information content (AvgIpc) is 2.29. The van der Waals surface area contributed by atoms with Crippen LogP contribution in [-0.4, -0.2) is 31.0 Å². The number of halogens is 1. The summed E-state index contributed by atoms with van der Waals surface area (Å²) < 4.78 is 5.82. The molecule has 0 aliphatic heterocycles. The molecular weight excluding hydrogens is 288 g/mol. The molecule has 0 atom stereocenters. The molecule has 4 heteroatoms. The summed E-state index contributed by atoms with van der Waals surface area (Å²) in [5.41, 5.74) is 0.766. The van der Waals surface area contributed by atoms with Crippen LogP contribution < -0.4 is 0 Å². The van der Waals surface area contributed by atoms with Gasteiger partial charge in [0.05, 0.1) is 5.75 Å². The van der Waals surface area contributed by atoms with E-state index in [0.29, 0.717) is 5.75 Å². The number of Topliss-reactive ketones (excluding diaryl/α,β-unsaturated/α-hetero) is 1. The number of carbonyl (C=O) groups excluding carboxylic acids is 1. The molecular formula is C12H15BrO2S. The van der Waals surface area contributed by atoms with Crippen molar-refractivity contribution in [3.63, 3.8) is 0 Å². The van der Waals surface area contributed by atoms with Crippen molar-refractivity contribution in [1.82, 2.24) is 0 Å². The second-order valence-electron chi connectivity index (χ2n) is 3.30. The van der Waals surface area contributed by atoms with Crippen LogP contribution in [0.25, 0.3) is 0 Å². The van der Waals surface area contributed by atoms with E-state index in [1.807, 2.05) is 24.3 Å². The lowest BCUT2D eigenvalue weighted by Crippen LogP contribution is -2.04. The highest BCUT2D eigenvalue weighted by molar-refractivity contribution is 9.10. The van der Waals surface area contributed by atoms with Gasteiger partial charge in [0.1, 0.15) is 0 Å². The van der Waals surface area contributed by atoms with Gasteiger partial charge in [0.15, 0.2) is 5.78 Å². The number of hydrogen-bond donors (Lipinski definition) is 0. The van der Waals surface area contributed by atoms with Gasteiger partial charge < -0.3 is 4.74 Å². The van der Waals surface area contributed by atoms with Crippen LogP contribution in [0.2, 0.25) is 0 Å². The third-order valence-electron chi connectivity index (χ3n) is 2.04. The van der Waals surface area contributed by atoms with Crippen LogP contribution >= 0.6 is 27.7 Å². The normalized spacial score (nSPS) is 10.4. The van der Waals surface area contributed by atoms with Gasteiger partial charge in [0, 0.05) is 23.8 Å². The van der Waals surface area contributed by atoms with Gasteiger partial charge >= 0.3 is 0 Å². The predicted molar refractivity (Wildman–Crippen MR) is 72.3 cm³/mol. The third-order valence-corrected chi connectivity index (χ3v) is 3.78. The fourth-order valence-corrected chi connectivity index (χ4v) is 2.55. The third kappa shape index (κ3) is 4.68. The maximum absolute atomic E-state index is 11.8. The van der Waals surface area contributed by atoms with Gasteiger partial charge in [-0.1, -0.05) is 34.1 Å². The Balaban J connectivity index is 2.33. The van der Waals surface area contributed by atoms with E-state index in [1.165, 1.54) is 0 Å². The van der Waals surface area contributed by atoms with E-state index in [9.17, 15) is 4.79 Å². The maximum atomic E-state index is 11.8. The molecule has 2 nitrogen and oxygen atoms in total. The Morgan fingerprint density at radius 2 is 2.19 bits per heavy atom. The Bertz CT molecular complexity index is 342. The van der Waals surface area contributed by atoms with Gasteiger partial charge in [-0.05, 0) is 18.2 Å². The zero-order valence-corrected chi connectivity index (χ0v) is 11.6. The van der Waals surface area contributed by atoms with Crippen molar-refractivity contribution in [3.8, 4) is 0 Å². The molecule has 88 valence electrons. The summed E-state index contributed by atoms with van der Waals surface area (Å²) in [7, 11) is 1.69. The first-order valence-electron chi connectivity index (χ1n) is 5.10. The van der Waals surface area contributed by atoms with Gasteiger partial charge in [-0.3, -0.25) is 4.79 Å². The molecule has 0 radical (unpaired) electrons. The molecule has 0 N–H and O–H groups in total. The summed E-state index contributed by atoms with van der Waals surface area (Å²) in [5.74, 6) is 1.67. The quantitative estimate of drug-likeness (QED) is 0.570. The van der Waals surface area contributed by atoms with E-state index < -0.39 is 0 Å². The van der Waals surface area contributed by atoms with E-state index in [1.54, 1.807) is 18.9 Å². The molecule has 0 aliphatic carbocycles. The van der Waals surface area contributed by atoms with Crippen LogP contribution in [-0.2, 0) is 4.74 Å². The Hall–Kier alpha value is -0.320. The molecule has 16 heavy (non-hydrogen) atoms. The number of carbonyl (C=O) groups is 1. The topological polar surface area (TPSA) is 26.3 Å². The van der Waals surface area contributed by atoms with Crippen LogP contribution in [0.3, 0.4) is 0 Å². The van der Waals surface area contributed by atoms with Crippen LogP contribution in [0.15, 0.2) is 28.7 Å². The van der Waals surface area contributed by atoms with Crippen molar-refractivity contribution in [1.29, 1.82) is 0 Å². The number of thioether (sulfide) groups is 1. The highest BCUT2D eigenvalue weighted by Crippen LogP contribution is 2.18. The summed E-state index contributed by atoms with van der Waals surface area (Å²) >= 11 is 5.04. The van der Waals surface area contributed by atoms with Gasteiger partial charge in [-0.25, -0.2) is 0 Å². The van der Waals surface area contributed by atoms with Crippen molar-refractivity contribution >= 4 is 33.5 Å². The second-order valence-corrected chi connectivity index (χ2v) is 5.26. The molecule has 0 bridgehead atoms. The summed E-state index contributed by atoms with van der Waals surface area (Å²) in [5, 5.41) is 0. The van der Waals surface area contributed by atoms with E-state index in [2.05, 4.69) is 15.9 Å². The molecule has 0 amide bonds. The zero-order chi connectivity index (χ0) is 11.8. The number of ketones is 1. The molecule has 0 spiro atoms. The van der Waals surface area contributed by atoms with Gasteiger partial charge in [-0.15, -0.1) is 0 Å². The first-order valence-corrected chi connectivity index (χ1v) is 7.05. The summed E-state index contributed by atoms with van der Waals surface area (Å²) in [6, 6.07) is 7.53. The minimum Gasteiger partial charge on any atom is -0.385 e. The molecule has 1 aromatic rings. The largest absolute Gasteiger partial charge is 0.385 e. The van der Waals surface area contributed by atoms with Gasteiger partial charge in [0.2, 0.25) is 0 Å². The number of benzene rings is 1. The second kappa shape index (κ2) is 7.87. The standard InChI is InChI=1S/C12H15BrO2S/c1-15-7-4-8-16-9-12(14)10-5-2-3-6-11(10)13/h2-3,5-6H,4,7-9H2,1H3. The SMILES string of the molecule is COCCCSCC(=O)c1ccccc1Br. The molecule has 0 saturated carbocycles. The molecule has 0 saturated heterocycles. The van der Waals surface area contributed by atoms with Crippen molar-refractivity contribution < 1.29 is 9.53 Å². The van der Waals surface area contributed by atoms with Crippen molar-refractivity contribution in [2.75, 3.05) is 25.2 Å². The Morgan fingerprint density at radius 3 is 2.88 bits per heavy atom. The molecule has 1 aromatic carbocycles. The van der Waals surface area contributed by atoms with Crippen LogP contribution in [0.5, 0.6) is 0 Å². The first-order chi connectivity index (χ1) is 7.75. The van der Waals surface area contributed by atoms with E-state index in [0.717, 1.165) is 28.8 Å². The Morgan fingerprint density at radius 1 is 1.44 bits per heavy atom. The summed E-state index contributed by atoms with van der Waals surface area (Å²) in [4.78, 5) is 11.8. The molecule has 0 aliphatic rings. The minimum absolute atomic E-state index is 0.176. The van der Waals surface area contributed by atoms with Crippen molar-refractivity contribution in [3.05, 3.63) is 34.3 Å². The maximum Gasteiger partial charge on any atom is 0.173 e. The molecule has 1 rings (SSSR count). The summed E-state index contributed by atoms with van der Waals surface area (Å²) in [6.45, 7) is 0.760. The lowest BCUT2D eigenvalue weighted by molar-refractivity contribution is 0.102. The monoisotopic (exact) mass is 302 g/mol. The van der Waals surface area contributed by atoms with Gasteiger partial charge in [-0.2, -0.15) is 11.8 Å². The van der Waals surface area contributed by atoms with Crippen LogP contribution in [0.1, 0.15) is 16.8 Å². The average molecular weight is 303 g/mol.